The van der Waals surface area contributed by atoms with Crippen LogP contribution in [0.15, 0.2) is 24.3 Å². The van der Waals surface area contributed by atoms with Crippen molar-refractivity contribution in [1.29, 1.82) is 0 Å². The van der Waals surface area contributed by atoms with Crippen LogP contribution >= 0.6 is 0 Å². The van der Waals surface area contributed by atoms with E-state index in [0.717, 1.165) is 55.1 Å². The summed E-state index contributed by atoms with van der Waals surface area (Å²) in [5.41, 5.74) is 8.89. The van der Waals surface area contributed by atoms with Crippen molar-refractivity contribution in [3.05, 3.63) is 29.8 Å². The van der Waals surface area contributed by atoms with Crippen molar-refractivity contribution in [1.82, 2.24) is 9.88 Å². The lowest BCUT2D eigenvalue weighted by Gasteiger charge is -2.35. The molecule has 0 unspecified atom stereocenters. The van der Waals surface area contributed by atoms with Gasteiger partial charge in [0.15, 0.2) is 0 Å². The summed E-state index contributed by atoms with van der Waals surface area (Å²) in [7, 11) is 0. The number of nitrogen functional groups attached to an aromatic ring is 1. The van der Waals surface area contributed by atoms with Crippen molar-refractivity contribution in [3.63, 3.8) is 0 Å². The normalized spacial score (nSPS) is 16.8. The van der Waals surface area contributed by atoms with Gasteiger partial charge in [-0.2, -0.15) is 0 Å². The first-order valence-electron chi connectivity index (χ1n) is 7.31. The highest BCUT2D eigenvalue weighted by Gasteiger charge is 2.18. The highest BCUT2D eigenvalue weighted by atomic mass is 15.3. The minimum atomic E-state index is 0.794. The largest absolute Gasteiger partial charge is 0.399 e. The zero-order valence-corrected chi connectivity index (χ0v) is 12.3. The first-order valence-corrected chi connectivity index (χ1v) is 7.31. The molecular formula is C16H22N4. The van der Waals surface area contributed by atoms with Crippen LogP contribution < -0.4 is 10.6 Å². The van der Waals surface area contributed by atoms with Gasteiger partial charge in [0.05, 0.1) is 5.52 Å². The topological polar surface area (TPSA) is 45.4 Å². The van der Waals surface area contributed by atoms with E-state index in [2.05, 4.69) is 29.7 Å². The van der Waals surface area contributed by atoms with Crippen LogP contribution in [0.3, 0.4) is 0 Å². The molecule has 1 aromatic heterocycles. The number of anilines is 2. The molecule has 1 fully saturated rings. The molecule has 0 bridgehead atoms. The van der Waals surface area contributed by atoms with Crippen molar-refractivity contribution >= 4 is 22.4 Å². The summed E-state index contributed by atoms with van der Waals surface area (Å²) in [5.74, 6) is 1.12. The Morgan fingerprint density at radius 2 is 1.90 bits per heavy atom. The van der Waals surface area contributed by atoms with Crippen LogP contribution in [0.4, 0.5) is 11.5 Å². The van der Waals surface area contributed by atoms with E-state index in [9.17, 15) is 0 Å². The molecule has 2 heterocycles. The molecule has 0 aliphatic carbocycles. The lowest BCUT2D eigenvalue weighted by Crippen LogP contribution is -2.46. The monoisotopic (exact) mass is 270 g/mol. The molecule has 3 rings (SSSR count). The molecule has 1 aliphatic rings. The van der Waals surface area contributed by atoms with Crippen LogP contribution in [0.25, 0.3) is 10.9 Å². The Bertz CT molecular complexity index is 615. The fourth-order valence-corrected chi connectivity index (χ4v) is 2.89. The van der Waals surface area contributed by atoms with Gasteiger partial charge in [-0.05, 0) is 43.3 Å². The summed E-state index contributed by atoms with van der Waals surface area (Å²) in [5, 5.41) is 1.12. The van der Waals surface area contributed by atoms with Crippen molar-refractivity contribution in [2.75, 3.05) is 43.4 Å². The van der Waals surface area contributed by atoms with Crippen LogP contribution in [-0.2, 0) is 0 Å². The summed E-state index contributed by atoms with van der Waals surface area (Å²) in [4.78, 5) is 9.72. The van der Waals surface area contributed by atoms with Gasteiger partial charge in [-0.3, -0.25) is 0 Å². The van der Waals surface area contributed by atoms with E-state index in [0.29, 0.717) is 0 Å². The van der Waals surface area contributed by atoms with Gasteiger partial charge in [0.2, 0.25) is 0 Å². The molecular weight excluding hydrogens is 248 g/mol. The number of nitrogens with two attached hydrogens (primary N) is 1. The number of rotatable bonds is 2. The van der Waals surface area contributed by atoms with Crippen molar-refractivity contribution in [2.45, 2.75) is 13.8 Å². The Kier molecular flexibility index (Phi) is 3.49. The molecule has 0 radical (unpaired) electrons. The average Bonchev–Trinajstić information content (AvgIpc) is 2.46. The highest BCUT2D eigenvalue weighted by molar-refractivity contribution is 5.84. The number of aromatic nitrogens is 1. The average molecular weight is 270 g/mol. The third-order valence-corrected chi connectivity index (χ3v) is 4.12. The lowest BCUT2D eigenvalue weighted by molar-refractivity contribution is 0.270. The fourth-order valence-electron chi connectivity index (χ4n) is 2.89. The van der Waals surface area contributed by atoms with Crippen molar-refractivity contribution < 1.29 is 0 Å². The Hall–Kier alpha value is -1.81. The molecule has 1 aromatic carbocycles. The summed E-state index contributed by atoms with van der Waals surface area (Å²) in [6.07, 6.45) is 0. The second-order valence-electron chi connectivity index (χ2n) is 5.50. The van der Waals surface area contributed by atoms with Crippen LogP contribution in [-0.4, -0.2) is 42.6 Å². The maximum absolute atomic E-state index is 5.84. The van der Waals surface area contributed by atoms with Gasteiger partial charge in [-0.15, -0.1) is 0 Å². The second kappa shape index (κ2) is 5.29. The third kappa shape index (κ3) is 2.43. The summed E-state index contributed by atoms with van der Waals surface area (Å²) >= 11 is 0. The van der Waals surface area contributed by atoms with Gasteiger partial charge in [0.1, 0.15) is 5.82 Å². The summed E-state index contributed by atoms with van der Waals surface area (Å²) < 4.78 is 0. The molecule has 0 spiro atoms. The summed E-state index contributed by atoms with van der Waals surface area (Å²) in [6, 6.07) is 8.12. The quantitative estimate of drug-likeness (QED) is 0.850. The van der Waals surface area contributed by atoms with E-state index in [-0.39, 0.29) is 0 Å². The van der Waals surface area contributed by atoms with Gasteiger partial charge in [0.25, 0.3) is 0 Å². The number of hydrogen-bond acceptors (Lipinski definition) is 4. The van der Waals surface area contributed by atoms with Crippen LogP contribution in [0.2, 0.25) is 0 Å². The fraction of sp³-hybridized carbons (Fsp3) is 0.438. The minimum Gasteiger partial charge on any atom is -0.399 e. The van der Waals surface area contributed by atoms with E-state index in [1.807, 2.05) is 18.2 Å². The van der Waals surface area contributed by atoms with E-state index < -0.39 is 0 Å². The lowest BCUT2D eigenvalue weighted by atomic mass is 10.1. The smallest absolute Gasteiger partial charge is 0.132 e. The van der Waals surface area contributed by atoms with E-state index >= 15 is 0 Å². The predicted molar refractivity (Wildman–Crippen MR) is 85.2 cm³/mol. The zero-order chi connectivity index (χ0) is 14.1. The van der Waals surface area contributed by atoms with Gasteiger partial charge in [-0.1, -0.05) is 6.92 Å². The molecule has 0 saturated carbocycles. The van der Waals surface area contributed by atoms with Crippen LogP contribution in [0, 0.1) is 6.92 Å². The molecule has 1 aliphatic heterocycles. The molecule has 1 saturated heterocycles. The number of fused-ring (bicyclic) bond motifs is 1. The van der Waals surface area contributed by atoms with Crippen LogP contribution in [0.5, 0.6) is 0 Å². The van der Waals surface area contributed by atoms with E-state index in [1.165, 1.54) is 5.56 Å². The van der Waals surface area contributed by atoms with Crippen LogP contribution in [0.1, 0.15) is 12.5 Å². The SMILES string of the molecule is CCN1CCN(c2nc3ccc(N)cc3cc2C)CC1. The molecule has 4 nitrogen and oxygen atoms in total. The van der Waals surface area contributed by atoms with Crippen molar-refractivity contribution in [3.8, 4) is 0 Å². The number of likely N-dealkylation sites (N-methyl/N-ethyl adjacent to an activating group) is 1. The molecule has 4 heteroatoms. The zero-order valence-electron chi connectivity index (χ0n) is 12.3. The maximum Gasteiger partial charge on any atom is 0.132 e. The number of nitrogens with zero attached hydrogens (tertiary/aromatic N) is 3. The number of hydrogen-bond donors (Lipinski definition) is 1. The van der Waals surface area contributed by atoms with Gasteiger partial charge < -0.3 is 15.5 Å². The first kappa shape index (κ1) is 13.2. The molecule has 2 aromatic rings. The van der Waals surface area contributed by atoms with Gasteiger partial charge >= 0.3 is 0 Å². The number of benzene rings is 1. The standard InChI is InChI=1S/C16H22N4/c1-3-19-6-8-20(9-7-19)16-12(2)10-13-11-14(17)4-5-15(13)18-16/h4-5,10-11H,3,6-9,17H2,1-2H3. The Balaban J connectivity index is 1.92. The number of aryl methyl sites for hydroxylation is 1. The highest BCUT2D eigenvalue weighted by Crippen LogP contribution is 2.25. The Morgan fingerprint density at radius 1 is 1.15 bits per heavy atom. The number of piperazine rings is 1. The third-order valence-electron chi connectivity index (χ3n) is 4.12. The minimum absolute atomic E-state index is 0.794. The van der Waals surface area contributed by atoms with Gasteiger partial charge in [0, 0.05) is 37.3 Å². The van der Waals surface area contributed by atoms with E-state index in [1.54, 1.807) is 0 Å². The van der Waals surface area contributed by atoms with E-state index in [4.69, 9.17) is 10.7 Å². The predicted octanol–water partition coefficient (Wildman–Crippen LogP) is 2.27. The maximum atomic E-state index is 5.84. The molecule has 0 amide bonds. The Morgan fingerprint density at radius 3 is 2.60 bits per heavy atom. The molecule has 0 atom stereocenters. The summed E-state index contributed by atoms with van der Waals surface area (Å²) in [6.45, 7) is 9.85. The Labute approximate surface area is 120 Å². The van der Waals surface area contributed by atoms with Crippen molar-refractivity contribution in [2.24, 2.45) is 0 Å². The second-order valence-corrected chi connectivity index (χ2v) is 5.50. The molecule has 2 N–H and O–H groups in total. The number of pyridine rings is 1. The molecule has 20 heavy (non-hydrogen) atoms. The first-order chi connectivity index (χ1) is 9.67. The molecule has 106 valence electrons. The van der Waals surface area contributed by atoms with Gasteiger partial charge in [-0.25, -0.2) is 4.98 Å².